The third kappa shape index (κ3) is 6.06. The molecular weight excluding hydrogens is 509 g/mol. The summed E-state index contributed by atoms with van der Waals surface area (Å²) in [6.07, 6.45) is 4.58. The zero-order valence-electron chi connectivity index (χ0n) is 18.3. The van der Waals surface area contributed by atoms with E-state index in [1.807, 2.05) is 12.1 Å². The van der Waals surface area contributed by atoms with E-state index in [1.165, 1.54) is 11.1 Å². The summed E-state index contributed by atoms with van der Waals surface area (Å²) in [6, 6.07) is 8.12. The molecule has 0 aliphatic carbocycles. The predicted molar refractivity (Wildman–Crippen MR) is 131 cm³/mol. The van der Waals surface area contributed by atoms with Gasteiger partial charge in [0.25, 0.3) is 0 Å². The molecule has 0 amide bonds. The highest BCUT2D eigenvalue weighted by Gasteiger charge is 2.23. The van der Waals surface area contributed by atoms with E-state index in [2.05, 4.69) is 22.3 Å². The SMILES string of the molecule is COc1cc2c(cc1OC)CN(C(=NCC1CCOC1)NCCc1ccco1)CC2.I. The van der Waals surface area contributed by atoms with Crippen molar-refractivity contribution >= 4 is 29.9 Å². The number of hydrogen-bond acceptors (Lipinski definition) is 5. The Labute approximate surface area is 201 Å². The molecule has 31 heavy (non-hydrogen) atoms. The summed E-state index contributed by atoms with van der Waals surface area (Å²) in [5, 5.41) is 3.55. The van der Waals surface area contributed by atoms with E-state index in [4.69, 9.17) is 23.6 Å². The molecule has 0 spiro atoms. The third-order valence-electron chi connectivity index (χ3n) is 5.78. The van der Waals surface area contributed by atoms with E-state index < -0.39 is 0 Å². The van der Waals surface area contributed by atoms with Gasteiger partial charge in [0.15, 0.2) is 17.5 Å². The first-order valence-electron chi connectivity index (χ1n) is 10.6. The van der Waals surface area contributed by atoms with Crippen LogP contribution in [0.25, 0.3) is 0 Å². The second-order valence-corrected chi connectivity index (χ2v) is 7.80. The van der Waals surface area contributed by atoms with E-state index >= 15 is 0 Å². The molecule has 1 aromatic heterocycles. The zero-order chi connectivity index (χ0) is 20.8. The quantitative estimate of drug-likeness (QED) is 0.329. The number of aliphatic imine (C=N–C) groups is 1. The third-order valence-corrected chi connectivity index (χ3v) is 5.78. The molecule has 2 aromatic rings. The van der Waals surface area contributed by atoms with E-state index in [1.54, 1.807) is 20.5 Å². The number of benzene rings is 1. The highest BCUT2D eigenvalue weighted by atomic mass is 127. The van der Waals surface area contributed by atoms with Gasteiger partial charge in [0.2, 0.25) is 0 Å². The Balaban J connectivity index is 0.00000272. The summed E-state index contributed by atoms with van der Waals surface area (Å²) < 4.78 is 21.9. The number of furan rings is 1. The Bertz CT molecular complexity index is 851. The van der Waals surface area contributed by atoms with Gasteiger partial charge in [-0.25, -0.2) is 0 Å². The van der Waals surface area contributed by atoms with Crippen LogP contribution in [0.4, 0.5) is 0 Å². The van der Waals surface area contributed by atoms with Crippen molar-refractivity contribution < 1.29 is 18.6 Å². The van der Waals surface area contributed by atoms with Crippen molar-refractivity contribution in [1.82, 2.24) is 10.2 Å². The number of fused-ring (bicyclic) bond motifs is 1. The normalized spacial score (nSPS) is 18.3. The van der Waals surface area contributed by atoms with Crippen LogP contribution in [0.5, 0.6) is 11.5 Å². The number of methoxy groups -OCH3 is 2. The van der Waals surface area contributed by atoms with Gasteiger partial charge in [0.05, 0.1) is 27.1 Å². The number of halogens is 1. The fourth-order valence-electron chi connectivity index (χ4n) is 4.03. The summed E-state index contributed by atoms with van der Waals surface area (Å²) in [4.78, 5) is 7.29. The molecule has 1 fully saturated rings. The van der Waals surface area contributed by atoms with Gasteiger partial charge in [-0.3, -0.25) is 4.99 Å². The van der Waals surface area contributed by atoms with Crippen LogP contribution in [0.2, 0.25) is 0 Å². The van der Waals surface area contributed by atoms with Crippen LogP contribution in [0.15, 0.2) is 39.9 Å². The highest BCUT2D eigenvalue weighted by molar-refractivity contribution is 14.0. The number of ether oxygens (including phenoxy) is 3. The smallest absolute Gasteiger partial charge is 0.194 e. The lowest BCUT2D eigenvalue weighted by Crippen LogP contribution is -2.45. The summed E-state index contributed by atoms with van der Waals surface area (Å²) in [7, 11) is 3.36. The van der Waals surface area contributed by atoms with Crippen molar-refractivity contribution in [2.75, 3.05) is 47.1 Å². The minimum Gasteiger partial charge on any atom is -0.493 e. The van der Waals surface area contributed by atoms with Crippen molar-refractivity contribution in [3.63, 3.8) is 0 Å². The maximum absolute atomic E-state index is 5.52. The Morgan fingerprint density at radius 1 is 1.23 bits per heavy atom. The lowest BCUT2D eigenvalue weighted by Gasteiger charge is -2.32. The molecule has 1 unspecified atom stereocenters. The minimum atomic E-state index is 0. The first kappa shape index (κ1) is 23.7. The maximum atomic E-state index is 5.52. The molecule has 2 aliphatic heterocycles. The van der Waals surface area contributed by atoms with Crippen molar-refractivity contribution in [1.29, 1.82) is 0 Å². The Hall–Kier alpha value is -1.94. The molecule has 1 N–H and O–H groups in total. The van der Waals surface area contributed by atoms with Crippen molar-refractivity contribution in [3.8, 4) is 11.5 Å². The molecule has 3 heterocycles. The van der Waals surface area contributed by atoms with Crippen LogP contribution >= 0.6 is 24.0 Å². The Kier molecular flexibility index (Phi) is 8.89. The molecule has 1 aromatic carbocycles. The van der Waals surface area contributed by atoms with Crippen LogP contribution in [0.1, 0.15) is 23.3 Å². The van der Waals surface area contributed by atoms with Gasteiger partial charge in [0, 0.05) is 45.1 Å². The molecule has 0 bridgehead atoms. The number of guanidine groups is 1. The molecule has 1 saturated heterocycles. The largest absolute Gasteiger partial charge is 0.493 e. The summed E-state index contributed by atoms with van der Waals surface area (Å²) in [5.74, 6) is 4.00. The van der Waals surface area contributed by atoms with Crippen LogP contribution in [0, 0.1) is 5.92 Å². The van der Waals surface area contributed by atoms with Crippen molar-refractivity contribution in [2.24, 2.45) is 10.9 Å². The highest BCUT2D eigenvalue weighted by Crippen LogP contribution is 2.33. The molecule has 1 atom stereocenters. The molecule has 2 aliphatic rings. The predicted octanol–water partition coefficient (Wildman–Crippen LogP) is 3.50. The fourth-order valence-corrected chi connectivity index (χ4v) is 4.03. The number of rotatable bonds is 7. The van der Waals surface area contributed by atoms with Gasteiger partial charge in [-0.15, -0.1) is 24.0 Å². The van der Waals surface area contributed by atoms with E-state index in [0.717, 1.165) is 81.9 Å². The number of nitrogens with zero attached hydrogens (tertiary/aromatic N) is 2. The van der Waals surface area contributed by atoms with Gasteiger partial charge in [-0.1, -0.05) is 0 Å². The topological polar surface area (TPSA) is 68.5 Å². The Morgan fingerprint density at radius 3 is 2.71 bits per heavy atom. The van der Waals surface area contributed by atoms with Crippen LogP contribution in [-0.4, -0.2) is 57.9 Å². The maximum Gasteiger partial charge on any atom is 0.194 e. The van der Waals surface area contributed by atoms with Gasteiger partial charge < -0.3 is 28.8 Å². The number of nitrogens with one attached hydrogen (secondary N) is 1. The fraction of sp³-hybridized carbons (Fsp3) is 0.522. The standard InChI is InChI=1S/C23H31N3O4.HI/c1-27-21-12-18-6-9-26(15-19(18)13-22(21)28-2)23(25-14-17-7-11-29-16-17)24-8-5-20-4-3-10-30-20;/h3-4,10,12-13,17H,5-9,11,14-16H2,1-2H3,(H,24,25);1H. The molecule has 0 saturated carbocycles. The van der Waals surface area contributed by atoms with Gasteiger partial charge >= 0.3 is 0 Å². The van der Waals surface area contributed by atoms with E-state index in [0.29, 0.717) is 5.92 Å². The molecule has 8 heteroatoms. The van der Waals surface area contributed by atoms with Gasteiger partial charge in [-0.05, 0) is 48.2 Å². The summed E-state index contributed by atoms with van der Waals surface area (Å²) >= 11 is 0. The van der Waals surface area contributed by atoms with E-state index in [9.17, 15) is 0 Å². The Morgan fingerprint density at radius 2 is 2.03 bits per heavy atom. The summed E-state index contributed by atoms with van der Waals surface area (Å²) in [6.45, 7) is 4.93. The molecule has 170 valence electrons. The second-order valence-electron chi connectivity index (χ2n) is 7.80. The van der Waals surface area contributed by atoms with Crippen LogP contribution < -0.4 is 14.8 Å². The van der Waals surface area contributed by atoms with Crippen LogP contribution in [0.3, 0.4) is 0 Å². The lowest BCUT2D eigenvalue weighted by molar-refractivity contribution is 0.187. The number of hydrogen-bond donors (Lipinski definition) is 1. The molecule has 0 radical (unpaired) electrons. The average Bonchev–Trinajstić information content (AvgIpc) is 3.49. The van der Waals surface area contributed by atoms with Gasteiger partial charge in [0.1, 0.15) is 5.76 Å². The minimum absolute atomic E-state index is 0. The molecule has 7 nitrogen and oxygen atoms in total. The molecular formula is C23H32IN3O4. The van der Waals surface area contributed by atoms with Crippen molar-refractivity contribution in [2.45, 2.75) is 25.8 Å². The van der Waals surface area contributed by atoms with E-state index in [-0.39, 0.29) is 24.0 Å². The summed E-state index contributed by atoms with van der Waals surface area (Å²) in [5.41, 5.74) is 2.56. The first-order chi connectivity index (χ1) is 14.8. The molecule has 4 rings (SSSR count). The van der Waals surface area contributed by atoms with Crippen LogP contribution in [-0.2, 0) is 24.1 Å². The monoisotopic (exact) mass is 541 g/mol. The first-order valence-corrected chi connectivity index (χ1v) is 10.6. The van der Waals surface area contributed by atoms with Gasteiger partial charge in [-0.2, -0.15) is 0 Å². The lowest BCUT2D eigenvalue weighted by atomic mass is 9.99. The van der Waals surface area contributed by atoms with Crippen molar-refractivity contribution in [3.05, 3.63) is 47.4 Å². The zero-order valence-corrected chi connectivity index (χ0v) is 20.6. The second kappa shape index (κ2) is 11.6. The average molecular weight is 541 g/mol.